The third-order valence-corrected chi connectivity index (χ3v) is 2.78. The van der Waals surface area contributed by atoms with Gasteiger partial charge >= 0.3 is 0 Å². The summed E-state index contributed by atoms with van der Waals surface area (Å²) in [7, 11) is 1.70. The van der Waals surface area contributed by atoms with E-state index in [1.54, 1.807) is 13.2 Å². The Kier molecular flexibility index (Phi) is 3.40. The van der Waals surface area contributed by atoms with E-state index in [1.807, 2.05) is 37.3 Å². The smallest absolute Gasteiger partial charge is 0.124 e. The van der Waals surface area contributed by atoms with Crippen molar-refractivity contribution in [2.75, 3.05) is 12.8 Å². The molecule has 0 spiro atoms. The van der Waals surface area contributed by atoms with Crippen molar-refractivity contribution in [1.82, 2.24) is 4.98 Å². The normalized spacial score (nSPS) is 12.4. The van der Waals surface area contributed by atoms with Gasteiger partial charge in [-0.2, -0.15) is 0 Å². The molecule has 0 saturated carbocycles. The number of pyridine rings is 1. The number of hydrogen-bond acceptors (Lipinski definition) is 3. The minimum Gasteiger partial charge on any atom is -0.384 e. The number of nitrogens with two attached hydrogens (primary N) is 1. The van der Waals surface area contributed by atoms with E-state index >= 15 is 0 Å². The summed E-state index contributed by atoms with van der Waals surface area (Å²) in [6.07, 6.45) is 0.0796. The van der Waals surface area contributed by atoms with Gasteiger partial charge in [-0.3, -0.25) is 0 Å². The Balaban J connectivity index is 2.39. The van der Waals surface area contributed by atoms with Crippen LogP contribution in [0.15, 0.2) is 42.5 Å². The molecule has 3 nitrogen and oxygen atoms in total. The van der Waals surface area contributed by atoms with E-state index in [1.165, 1.54) is 0 Å². The zero-order valence-corrected chi connectivity index (χ0v) is 10.1. The summed E-state index contributed by atoms with van der Waals surface area (Å²) >= 11 is 0. The molecule has 2 N–H and O–H groups in total. The van der Waals surface area contributed by atoms with Crippen LogP contribution in [0.4, 0.5) is 5.82 Å². The Hall–Kier alpha value is -1.87. The molecule has 3 heteroatoms. The Bertz CT molecular complexity index is 511. The summed E-state index contributed by atoms with van der Waals surface area (Å²) in [5.74, 6) is 0.535. The van der Waals surface area contributed by atoms with Crippen LogP contribution in [-0.2, 0) is 4.74 Å². The van der Waals surface area contributed by atoms with Crippen LogP contribution in [0, 0.1) is 0 Å². The van der Waals surface area contributed by atoms with Gasteiger partial charge in [-0.25, -0.2) is 4.98 Å². The van der Waals surface area contributed by atoms with Crippen molar-refractivity contribution in [2.45, 2.75) is 13.0 Å². The number of anilines is 1. The molecule has 1 unspecified atom stereocenters. The second-order valence-electron chi connectivity index (χ2n) is 3.95. The van der Waals surface area contributed by atoms with E-state index in [2.05, 4.69) is 11.1 Å². The molecule has 0 saturated heterocycles. The van der Waals surface area contributed by atoms with Crippen LogP contribution in [0.3, 0.4) is 0 Å². The molecule has 0 bridgehead atoms. The maximum Gasteiger partial charge on any atom is 0.124 e. The van der Waals surface area contributed by atoms with Gasteiger partial charge in [0.05, 0.1) is 11.8 Å². The molecule has 2 aromatic rings. The van der Waals surface area contributed by atoms with Crippen LogP contribution < -0.4 is 5.73 Å². The van der Waals surface area contributed by atoms with Crippen LogP contribution >= 0.6 is 0 Å². The van der Waals surface area contributed by atoms with Gasteiger partial charge in [0.15, 0.2) is 0 Å². The lowest BCUT2D eigenvalue weighted by atomic mass is 10.0. The lowest BCUT2D eigenvalue weighted by Gasteiger charge is -2.11. The molecule has 1 heterocycles. The number of nitrogen functional groups attached to an aromatic ring is 1. The molecular formula is C14H16N2O. The summed E-state index contributed by atoms with van der Waals surface area (Å²) < 4.78 is 5.31. The van der Waals surface area contributed by atoms with Gasteiger partial charge < -0.3 is 10.5 Å². The molecule has 1 atom stereocenters. The Morgan fingerprint density at radius 3 is 2.65 bits per heavy atom. The third-order valence-electron chi connectivity index (χ3n) is 2.78. The van der Waals surface area contributed by atoms with Crippen LogP contribution in [0.2, 0.25) is 0 Å². The van der Waals surface area contributed by atoms with Crippen molar-refractivity contribution >= 4 is 5.82 Å². The van der Waals surface area contributed by atoms with E-state index in [4.69, 9.17) is 10.5 Å². The fourth-order valence-corrected chi connectivity index (χ4v) is 1.70. The second kappa shape index (κ2) is 4.97. The van der Waals surface area contributed by atoms with E-state index in [0.29, 0.717) is 5.82 Å². The monoisotopic (exact) mass is 228 g/mol. The summed E-state index contributed by atoms with van der Waals surface area (Å²) in [6.45, 7) is 2.02. The summed E-state index contributed by atoms with van der Waals surface area (Å²) in [5.41, 5.74) is 8.76. The third kappa shape index (κ3) is 2.63. The molecule has 1 aromatic heterocycles. The predicted molar refractivity (Wildman–Crippen MR) is 69.5 cm³/mol. The molecule has 0 radical (unpaired) electrons. The Morgan fingerprint density at radius 2 is 1.94 bits per heavy atom. The van der Waals surface area contributed by atoms with Crippen LogP contribution in [-0.4, -0.2) is 12.1 Å². The van der Waals surface area contributed by atoms with Crippen molar-refractivity contribution in [3.8, 4) is 11.3 Å². The SMILES string of the molecule is COC(C)c1cccc(-c2cccc(N)n2)c1. The minimum atomic E-state index is 0.0796. The maximum absolute atomic E-state index is 5.68. The molecule has 0 fully saturated rings. The summed E-state index contributed by atoms with van der Waals surface area (Å²) in [6, 6.07) is 13.8. The standard InChI is InChI=1S/C14H16N2O/c1-10(17-2)11-5-3-6-12(9-11)13-7-4-8-14(15)16-13/h3-10H,1-2H3,(H2,15,16). The Labute approximate surface area is 101 Å². The van der Waals surface area contributed by atoms with Gasteiger partial charge in [-0.15, -0.1) is 0 Å². The van der Waals surface area contributed by atoms with Gasteiger partial charge in [0, 0.05) is 12.7 Å². The van der Waals surface area contributed by atoms with Gasteiger partial charge in [0.2, 0.25) is 0 Å². The highest BCUT2D eigenvalue weighted by Crippen LogP contribution is 2.23. The first-order chi connectivity index (χ1) is 8.20. The van der Waals surface area contributed by atoms with Crippen LogP contribution in [0.1, 0.15) is 18.6 Å². The molecule has 1 aromatic carbocycles. The lowest BCUT2D eigenvalue weighted by Crippen LogP contribution is -1.96. The quantitative estimate of drug-likeness (QED) is 0.878. The zero-order valence-electron chi connectivity index (χ0n) is 10.1. The molecule has 0 amide bonds. The molecule has 88 valence electrons. The highest BCUT2D eigenvalue weighted by Gasteiger charge is 2.06. The zero-order chi connectivity index (χ0) is 12.3. The topological polar surface area (TPSA) is 48.1 Å². The van der Waals surface area contributed by atoms with Gasteiger partial charge in [0.1, 0.15) is 5.82 Å². The van der Waals surface area contributed by atoms with Crippen LogP contribution in [0.25, 0.3) is 11.3 Å². The molecule has 0 aliphatic rings. The Morgan fingerprint density at radius 1 is 1.18 bits per heavy atom. The summed E-state index contributed by atoms with van der Waals surface area (Å²) in [4.78, 5) is 4.31. The number of hydrogen-bond donors (Lipinski definition) is 1. The number of benzene rings is 1. The largest absolute Gasteiger partial charge is 0.384 e. The van der Waals surface area contributed by atoms with Crippen LogP contribution in [0.5, 0.6) is 0 Å². The number of rotatable bonds is 3. The number of aromatic nitrogens is 1. The van der Waals surface area contributed by atoms with Gasteiger partial charge in [-0.05, 0) is 30.7 Å². The predicted octanol–water partition coefficient (Wildman–Crippen LogP) is 3.04. The highest BCUT2D eigenvalue weighted by molar-refractivity contribution is 5.61. The average Bonchev–Trinajstić information content (AvgIpc) is 2.38. The van der Waals surface area contributed by atoms with Gasteiger partial charge in [0.25, 0.3) is 0 Å². The second-order valence-corrected chi connectivity index (χ2v) is 3.95. The van der Waals surface area contributed by atoms with Gasteiger partial charge in [-0.1, -0.05) is 24.3 Å². The minimum absolute atomic E-state index is 0.0796. The molecular weight excluding hydrogens is 212 g/mol. The fourth-order valence-electron chi connectivity index (χ4n) is 1.70. The van der Waals surface area contributed by atoms with E-state index < -0.39 is 0 Å². The molecule has 0 aliphatic heterocycles. The van der Waals surface area contributed by atoms with E-state index in [0.717, 1.165) is 16.8 Å². The van der Waals surface area contributed by atoms with Crippen molar-refractivity contribution in [3.05, 3.63) is 48.0 Å². The van der Waals surface area contributed by atoms with E-state index in [-0.39, 0.29) is 6.10 Å². The highest BCUT2D eigenvalue weighted by atomic mass is 16.5. The van der Waals surface area contributed by atoms with Crippen molar-refractivity contribution in [3.63, 3.8) is 0 Å². The number of ether oxygens (including phenoxy) is 1. The van der Waals surface area contributed by atoms with Crippen molar-refractivity contribution in [1.29, 1.82) is 0 Å². The fraction of sp³-hybridized carbons (Fsp3) is 0.214. The molecule has 2 rings (SSSR count). The molecule has 0 aliphatic carbocycles. The molecule has 17 heavy (non-hydrogen) atoms. The number of methoxy groups -OCH3 is 1. The van der Waals surface area contributed by atoms with Crippen molar-refractivity contribution < 1.29 is 4.74 Å². The average molecular weight is 228 g/mol. The van der Waals surface area contributed by atoms with Crippen molar-refractivity contribution in [2.24, 2.45) is 0 Å². The first-order valence-corrected chi connectivity index (χ1v) is 5.56. The number of nitrogens with zero attached hydrogens (tertiary/aromatic N) is 1. The summed E-state index contributed by atoms with van der Waals surface area (Å²) in [5, 5.41) is 0. The first-order valence-electron chi connectivity index (χ1n) is 5.56. The maximum atomic E-state index is 5.68. The van der Waals surface area contributed by atoms with E-state index in [9.17, 15) is 0 Å². The lowest BCUT2D eigenvalue weighted by molar-refractivity contribution is 0.119. The first kappa shape index (κ1) is 11.6.